The summed E-state index contributed by atoms with van der Waals surface area (Å²) in [7, 11) is 0. The number of aryl methyl sites for hydroxylation is 1. The van der Waals surface area contributed by atoms with Gasteiger partial charge < -0.3 is 15.2 Å². The van der Waals surface area contributed by atoms with Crippen LogP contribution in [0.1, 0.15) is 12.0 Å². The Bertz CT molecular complexity index is 510. The summed E-state index contributed by atoms with van der Waals surface area (Å²) in [6, 6.07) is 4.63. The Morgan fingerprint density at radius 3 is 2.76 bits per heavy atom. The van der Waals surface area contributed by atoms with E-state index in [0.29, 0.717) is 17.9 Å². The second-order valence-corrected chi connectivity index (χ2v) is 6.30. The molecular formula is C14H18BrNO4S. The molecule has 1 atom stereocenters. The lowest BCUT2D eigenvalue weighted by Gasteiger charge is -2.14. The summed E-state index contributed by atoms with van der Waals surface area (Å²) < 4.78 is 6.14. The second-order valence-electron chi connectivity index (χ2n) is 4.46. The number of carboxylic acids is 1. The third-order valence-electron chi connectivity index (χ3n) is 2.69. The fraction of sp³-hybridized carbons (Fsp3) is 0.429. The average Bonchev–Trinajstić information content (AvgIpc) is 2.42. The first-order valence-electron chi connectivity index (χ1n) is 6.34. The number of aliphatic carboxylic acids is 1. The van der Waals surface area contributed by atoms with Crippen LogP contribution in [0.15, 0.2) is 22.7 Å². The van der Waals surface area contributed by atoms with Crippen LogP contribution < -0.4 is 10.1 Å². The number of carbonyl (C=O) groups is 2. The summed E-state index contributed by atoms with van der Waals surface area (Å²) in [6.45, 7) is 1.73. The van der Waals surface area contributed by atoms with Crippen LogP contribution in [0.3, 0.4) is 0 Å². The predicted molar refractivity (Wildman–Crippen MR) is 86.9 cm³/mol. The first kappa shape index (κ1) is 17.8. The van der Waals surface area contributed by atoms with E-state index in [-0.39, 0.29) is 6.61 Å². The van der Waals surface area contributed by atoms with E-state index in [0.717, 1.165) is 10.0 Å². The van der Waals surface area contributed by atoms with E-state index >= 15 is 0 Å². The molecule has 2 N–H and O–H groups in total. The van der Waals surface area contributed by atoms with Gasteiger partial charge in [-0.25, -0.2) is 4.79 Å². The van der Waals surface area contributed by atoms with Gasteiger partial charge >= 0.3 is 5.97 Å². The van der Waals surface area contributed by atoms with Gasteiger partial charge in [-0.1, -0.05) is 6.07 Å². The zero-order valence-corrected chi connectivity index (χ0v) is 14.3. The third-order valence-corrected chi connectivity index (χ3v) is 3.95. The molecule has 116 valence electrons. The number of carbonyl (C=O) groups excluding carboxylic acids is 1. The van der Waals surface area contributed by atoms with Crippen molar-refractivity contribution in [1.29, 1.82) is 0 Å². The van der Waals surface area contributed by atoms with Crippen molar-refractivity contribution in [3.8, 4) is 5.75 Å². The molecule has 1 aromatic rings. The Balaban J connectivity index is 2.50. The first-order valence-corrected chi connectivity index (χ1v) is 8.52. The average molecular weight is 376 g/mol. The summed E-state index contributed by atoms with van der Waals surface area (Å²) in [4.78, 5) is 22.8. The quantitative estimate of drug-likeness (QED) is 0.729. The molecule has 0 aliphatic carbocycles. The van der Waals surface area contributed by atoms with Crippen LogP contribution in [-0.2, 0) is 9.59 Å². The van der Waals surface area contributed by atoms with Crippen molar-refractivity contribution in [1.82, 2.24) is 5.32 Å². The highest BCUT2D eigenvalue weighted by molar-refractivity contribution is 9.10. The van der Waals surface area contributed by atoms with Gasteiger partial charge in [-0.3, -0.25) is 4.79 Å². The van der Waals surface area contributed by atoms with Gasteiger partial charge in [-0.2, -0.15) is 11.8 Å². The van der Waals surface area contributed by atoms with Crippen molar-refractivity contribution in [2.45, 2.75) is 19.4 Å². The van der Waals surface area contributed by atoms with Crippen molar-refractivity contribution in [2.24, 2.45) is 0 Å². The van der Waals surface area contributed by atoms with Crippen molar-refractivity contribution in [2.75, 3.05) is 18.6 Å². The molecule has 7 heteroatoms. The van der Waals surface area contributed by atoms with Crippen LogP contribution in [0.4, 0.5) is 0 Å². The molecule has 0 aliphatic rings. The number of hydrogen-bond donors (Lipinski definition) is 2. The molecular weight excluding hydrogens is 358 g/mol. The summed E-state index contributed by atoms with van der Waals surface area (Å²) in [5.41, 5.74) is 1.07. The number of benzene rings is 1. The van der Waals surface area contributed by atoms with Gasteiger partial charge in [0.1, 0.15) is 11.8 Å². The lowest BCUT2D eigenvalue weighted by atomic mass is 10.2. The number of ether oxygens (including phenoxy) is 1. The van der Waals surface area contributed by atoms with Crippen LogP contribution in [0.25, 0.3) is 0 Å². The predicted octanol–water partition coefficient (Wildman–Crippen LogP) is 2.46. The minimum Gasteiger partial charge on any atom is -0.483 e. The molecule has 0 saturated carbocycles. The maximum atomic E-state index is 11.8. The number of thioether (sulfide) groups is 1. The van der Waals surface area contributed by atoms with Gasteiger partial charge in [0.05, 0.1) is 4.47 Å². The zero-order chi connectivity index (χ0) is 15.8. The fourth-order valence-corrected chi connectivity index (χ4v) is 2.67. The minimum atomic E-state index is -1.03. The number of carboxylic acid groups (broad SMARTS) is 1. The maximum absolute atomic E-state index is 11.8. The third kappa shape index (κ3) is 6.39. The van der Waals surface area contributed by atoms with Gasteiger partial charge in [-0.15, -0.1) is 0 Å². The molecule has 0 fully saturated rings. The monoisotopic (exact) mass is 375 g/mol. The van der Waals surface area contributed by atoms with E-state index in [1.165, 1.54) is 11.8 Å². The van der Waals surface area contributed by atoms with E-state index < -0.39 is 17.9 Å². The molecule has 1 amide bonds. The molecule has 1 aromatic carbocycles. The molecule has 0 aliphatic heterocycles. The van der Waals surface area contributed by atoms with Gasteiger partial charge in [0.15, 0.2) is 6.61 Å². The number of rotatable bonds is 8. The molecule has 0 heterocycles. The Morgan fingerprint density at radius 2 is 2.19 bits per heavy atom. The Labute approximate surface area is 136 Å². The highest BCUT2D eigenvalue weighted by atomic mass is 79.9. The Morgan fingerprint density at radius 1 is 1.48 bits per heavy atom. The van der Waals surface area contributed by atoms with Crippen LogP contribution in [0, 0.1) is 6.92 Å². The minimum absolute atomic E-state index is 0.218. The van der Waals surface area contributed by atoms with Crippen LogP contribution >= 0.6 is 27.7 Å². The largest absolute Gasteiger partial charge is 0.483 e. The normalized spacial score (nSPS) is 11.8. The van der Waals surface area contributed by atoms with E-state index in [9.17, 15) is 9.59 Å². The molecule has 1 rings (SSSR count). The highest BCUT2D eigenvalue weighted by Crippen LogP contribution is 2.25. The van der Waals surface area contributed by atoms with Gasteiger partial charge in [0.25, 0.3) is 5.91 Å². The topological polar surface area (TPSA) is 75.6 Å². The fourth-order valence-electron chi connectivity index (χ4n) is 1.60. The molecule has 5 nitrogen and oxygen atoms in total. The highest BCUT2D eigenvalue weighted by Gasteiger charge is 2.19. The molecule has 0 aromatic heterocycles. The molecule has 21 heavy (non-hydrogen) atoms. The van der Waals surface area contributed by atoms with Crippen LogP contribution in [-0.4, -0.2) is 41.6 Å². The SMILES string of the molecule is CSCC[C@H](NC(=O)COc1ccc(C)cc1Br)C(=O)O. The summed E-state index contributed by atoms with van der Waals surface area (Å²) >= 11 is 4.89. The van der Waals surface area contributed by atoms with E-state index in [2.05, 4.69) is 21.2 Å². The zero-order valence-electron chi connectivity index (χ0n) is 11.9. The molecule has 0 radical (unpaired) electrons. The number of hydrogen-bond acceptors (Lipinski definition) is 4. The molecule has 0 unspecified atom stereocenters. The maximum Gasteiger partial charge on any atom is 0.326 e. The lowest BCUT2D eigenvalue weighted by molar-refractivity contribution is -0.142. The number of halogens is 1. The lowest BCUT2D eigenvalue weighted by Crippen LogP contribution is -2.43. The number of nitrogens with one attached hydrogen (secondary N) is 1. The van der Waals surface area contributed by atoms with Gasteiger partial charge in [0.2, 0.25) is 0 Å². The van der Waals surface area contributed by atoms with Gasteiger partial charge in [-0.05, 0) is 59.0 Å². The van der Waals surface area contributed by atoms with Crippen molar-refractivity contribution < 1.29 is 19.4 Å². The first-order chi connectivity index (χ1) is 9.93. The van der Waals surface area contributed by atoms with Crippen molar-refractivity contribution in [3.63, 3.8) is 0 Å². The van der Waals surface area contributed by atoms with Crippen LogP contribution in [0.5, 0.6) is 5.75 Å². The van der Waals surface area contributed by atoms with Crippen LogP contribution in [0.2, 0.25) is 0 Å². The Hall–Kier alpha value is -1.21. The summed E-state index contributed by atoms with van der Waals surface area (Å²) in [6.07, 6.45) is 2.27. The van der Waals surface area contributed by atoms with E-state index in [4.69, 9.17) is 9.84 Å². The second kappa shape index (κ2) is 8.94. The summed E-state index contributed by atoms with van der Waals surface area (Å²) in [5.74, 6) is -0.265. The summed E-state index contributed by atoms with van der Waals surface area (Å²) in [5, 5.41) is 11.5. The Kier molecular flexibility index (Phi) is 7.60. The van der Waals surface area contributed by atoms with Crippen molar-refractivity contribution >= 4 is 39.6 Å². The van der Waals surface area contributed by atoms with Crippen molar-refractivity contribution in [3.05, 3.63) is 28.2 Å². The van der Waals surface area contributed by atoms with E-state index in [1.807, 2.05) is 25.3 Å². The molecule has 0 saturated heterocycles. The molecule has 0 bridgehead atoms. The standard InChI is InChI=1S/C14H18BrNO4S/c1-9-3-4-12(10(15)7-9)20-8-13(17)16-11(14(18)19)5-6-21-2/h3-4,7,11H,5-6,8H2,1-2H3,(H,16,17)(H,18,19)/t11-/m0/s1. The van der Waals surface area contributed by atoms with Gasteiger partial charge in [0, 0.05) is 0 Å². The van der Waals surface area contributed by atoms with E-state index in [1.54, 1.807) is 6.07 Å². The number of amides is 1. The smallest absolute Gasteiger partial charge is 0.326 e. The molecule has 0 spiro atoms.